The number of carbonyl (C=O) groups excluding carboxylic acids is 2. The summed E-state index contributed by atoms with van der Waals surface area (Å²) in [6, 6.07) is 1.56. The lowest BCUT2D eigenvalue weighted by Crippen LogP contribution is -2.35. The Labute approximate surface area is 136 Å². The number of nitrogens with zero attached hydrogens (tertiary/aromatic N) is 3. The van der Waals surface area contributed by atoms with Crippen LogP contribution in [0.15, 0.2) is 16.8 Å². The molecule has 2 aliphatic rings. The van der Waals surface area contributed by atoms with Crippen LogP contribution in [0.25, 0.3) is 0 Å². The standard InChI is InChI=1S/C15H16N4O3S/c20-13(9-2-1-3-9)18-15-17-10-5-7-19(8-12(10)23-15)14(21)11-4-6-16-22-11/h4,6,9H,1-3,5,7-8H2,(H,17,18,20). The van der Waals surface area contributed by atoms with Crippen molar-refractivity contribution in [1.82, 2.24) is 15.0 Å². The summed E-state index contributed by atoms with van der Waals surface area (Å²) < 4.78 is 4.93. The second-order valence-electron chi connectivity index (χ2n) is 5.86. The molecule has 7 nitrogen and oxygen atoms in total. The van der Waals surface area contributed by atoms with E-state index in [1.165, 1.54) is 17.5 Å². The molecule has 0 atom stereocenters. The van der Waals surface area contributed by atoms with Crippen molar-refractivity contribution in [3.63, 3.8) is 0 Å². The number of hydrogen-bond donors (Lipinski definition) is 1. The largest absolute Gasteiger partial charge is 0.351 e. The van der Waals surface area contributed by atoms with Crippen LogP contribution in [0.4, 0.5) is 5.13 Å². The molecule has 1 fully saturated rings. The highest BCUT2D eigenvalue weighted by molar-refractivity contribution is 7.15. The molecule has 1 aliphatic heterocycles. The van der Waals surface area contributed by atoms with Gasteiger partial charge in [-0.2, -0.15) is 0 Å². The van der Waals surface area contributed by atoms with Crippen molar-refractivity contribution in [2.24, 2.45) is 5.92 Å². The molecule has 2 amide bonds. The minimum atomic E-state index is -0.165. The number of fused-ring (bicyclic) bond motifs is 1. The van der Waals surface area contributed by atoms with Crippen LogP contribution in [0.2, 0.25) is 0 Å². The third-order valence-electron chi connectivity index (χ3n) is 4.37. The van der Waals surface area contributed by atoms with E-state index in [0.717, 1.165) is 29.8 Å². The van der Waals surface area contributed by atoms with E-state index in [9.17, 15) is 9.59 Å². The summed E-state index contributed by atoms with van der Waals surface area (Å²) in [4.78, 5) is 31.5. The second-order valence-corrected chi connectivity index (χ2v) is 6.94. The topological polar surface area (TPSA) is 88.3 Å². The van der Waals surface area contributed by atoms with Gasteiger partial charge in [-0.05, 0) is 12.8 Å². The zero-order chi connectivity index (χ0) is 15.8. The van der Waals surface area contributed by atoms with Crippen molar-refractivity contribution < 1.29 is 14.1 Å². The van der Waals surface area contributed by atoms with Gasteiger partial charge in [-0.15, -0.1) is 0 Å². The fourth-order valence-corrected chi connectivity index (χ4v) is 3.81. The van der Waals surface area contributed by atoms with Gasteiger partial charge in [-0.25, -0.2) is 4.98 Å². The average Bonchev–Trinajstić information content (AvgIpc) is 3.12. The summed E-state index contributed by atoms with van der Waals surface area (Å²) in [5.41, 5.74) is 0.973. The molecule has 1 saturated carbocycles. The Morgan fingerprint density at radius 1 is 1.39 bits per heavy atom. The van der Waals surface area contributed by atoms with Crippen molar-refractivity contribution in [2.75, 3.05) is 11.9 Å². The maximum Gasteiger partial charge on any atom is 0.292 e. The third-order valence-corrected chi connectivity index (χ3v) is 5.37. The van der Waals surface area contributed by atoms with Crippen molar-refractivity contribution in [3.05, 3.63) is 28.6 Å². The van der Waals surface area contributed by atoms with E-state index in [4.69, 9.17) is 4.52 Å². The van der Waals surface area contributed by atoms with Gasteiger partial charge in [-0.1, -0.05) is 22.9 Å². The van der Waals surface area contributed by atoms with Gasteiger partial charge in [0.05, 0.1) is 18.4 Å². The molecule has 1 aliphatic carbocycles. The molecule has 4 rings (SSSR count). The monoisotopic (exact) mass is 332 g/mol. The van der Waals surface area contributed by atoms with E-state index < -0.39 is 0 Å². The molecule has 120 valence electrons. The number of anilines is 1. The van der Waals surface area contributed by atoms with Crippen LogP contribution < -0.4 is 5.32 Å². The number of nitrogens with one attached hydrogen (secondary N) is 1. The molecule has 0 saturated heterocycles. The molecular formula is C15H16N4O3S. The van der Waals surface area contributed by atoms with E-state index in [1.54, 1.807) is 11.0 Å². The number of aromatic nitrogens is 2. The van der Waals surface area contributed by atoms with E-state index in [0.29, 0.717) is 24.6 Å². The average molecular weight is 332 g/mol. The molecule has 23 heavy (non-hydrogen) atoms. The molecule has 2 aromatic rings. The Balaban J connectivity index is 1.45. The van der Waals surface area contributed by atoms with E-state index in [2.05, 4.69) is 15.5 Å². The van der Waals surface area contributed by atoms with E-state index in [1.807, 2.05) is 0 Å². The first-order chi connectivity index (χ1) is 11.2. The summed E-state index contributed by atoms with van der Waals surface area (Å²) in [6.45, 7) is 1.08. The van der Waals surface area contributed by atoms with Crippen LogP contribution in [0.3, 0.4) is 0 Å². The van der Waals surface area contributed by atoms with E-state index >= 15 is 0 Å². The maximum absolute atomic E-state index is 12.3. The molecule has 0 radical (unpaired) electrons. The van der Waals surface area contributed by atoms with Crippen LogP contribution in [0, 0.1) is 5.92 Å². The van der Waals surface area contributed by atoms with Crippen molar-refractivity contribution in [1.29, 1.82) is 0 Å². The Kier molecular flexibility index (Phi) is 3.60. The van der Waals surface area contributed by atoms with Crippen molar-refractivity contribution in [2.45, 2.75) is 32.2 Å². The zero-order valence-electron chi connectivity index (χ0n) is 12.4. The number of hydrogen-bond acceptors (Lipinski definition) is 6. The highest BCUT2D eigenvalue weighted by atomic mass is 32.1. The molecule has 0 bridgehead atoms. The molecule has 8 heteroatoms. The predicted octanol–water partition coefficient (Wildman–Crippen LogP) is 2.07. The van der Waals surface area contributed by atoms with Crippen LogP contribution in [0.5, 0.6) is 0 Å². The van der Waals surface area contributed by atoms with Gasteiger partial charge in [0, 0.05) is 29.8 Å². The van der Waals surface area contributed by atoms with Gasteiger partial charge in [0.25, 0.3) is 5.91 Å². The van der Waals surface area contributed by atoms with Gasteiger partial charge >= 0.3 is 0 Å². The Morgan fingerprint density at radius 3 is 2.96 bits per heavy atom. The van der Waals surface area contributed by atoms with Crippen LogP contribution in [0.1, 0.15) is 40.4 Å². The molecule has 1 N–H and O–H groups in total. The first kappa shape index (κ1) is 14.4. The third kappa shape index (κ3) is 2.74. The SMILES string of the molecule is O=C(Nc1nc2c(s1)CN(C(=O)c1ccno1)CC2)C1CCC1. The summed E-state index contributed by atoms with van der Waals surface area (Å²) in [5, 5.41) is 7.12. The molecular weight excluding hydrogens is 316 g/mol. The summed E-state index contributed by atoms with van der Waals surface area (Å²) >= 11 is 1.45. The predicted molar refractivity (Wildman–Crippen MR) is 83.0 cm³/mol. The zero-order valence-corrected chi connectivity index (χ0v) is 13.3. The molecule has 2 aromatic heterocycles. The Morgan fingerprint density at radius 2 is 2.26 bits per heavy atom. The molecule has 0 unspecified atom stereocenters. The van der Waals surface area contributed by atoms with Gasteiger partial charge in [0.2, 0.25) is 11.7 Å². The minimum Gasteiger partial charge on any atom is -0.351 e. The number of thiazole rings is 1. The second kappa shape index (κ2) is 5.77. The smallest absolute Gasteiger partial charge is 0.292 e. The highest BCUT2D eigenvalue weighted by Crippen LogP contribution is 2.31. The van der Waals surface area contributed by atoms with Gasteiger partial charge < -0.3 is 14.7 Å². The van der Waals surface area contributed by atoms with Gasteiger partial charge in [0.15, 0.2) is 5.13 Å². The first-order valence-corrected chi connectivity index (χ1v) is 8.52. The fraction of sp³-hybridized carbons (Fsp3) is 0.467. The van der Waals surface area contributed by atoms with Crippen LogP contribution in [-0.2, 0) is 17.8 Å². The number of rotatable bonds is 3. The normalized spacial score (nSPS) is 17.5. The lowest BCUT2D eigenvalue weighted by molar-refractivity contribution is -0.122. The summed E-state index contributed by atoms with van der Waals surface area (Å²) in [6.07, 6.45) is 5.21. The first-order valence-electron chi connectivity index (χ1n) is 7.70. The fourth-order valence-electron chi connectivity index (χ4n) is 2.78. The minimum absolute atomic E-state index is 0.0666. The quantitative estimate of drug-likeness (QED) is 0.929. The number of amides is 2. The summed E-state index contributed by atoms with van der Waals surface area (Å²) in [5.74, 6) is 0.287. The number of carbonyl (C=O) groups is 2. The Hall–Kier alpha value is -2.22. The van der Waals surface area contributed by atoms with E-state index in [-0.39, 0.29) is 23.5 Å². The van der Waals surface area contributed by atoms with Crippen LogP contribution in [-0.4, -0.2) is 33.4 Å². The maximum atomic E-state index is 12.3. The highest BCUT2D eigenvalue weighted by Gasteiger charge is 2.29. The van der Waals surface area contributed by atoms with Gasteiger partial charge in [-0.3, -0.25) is 9.59 Å². The lowest BCUT2D eigenvalue weighted by Gasteiger charge is -2.24. The molecule has 0 spiro atoms. The molecule has 0 aromatic carbocycles. The lowest BCUT2D eigenvalue weighted by atomic mass is 9.85. The Bertz CT molecular complexity index is 736. The van der Waals surface area contributed by atoms with Crippen molar-refractivity contribution >= 4 is 28.3 Å². The molecule has 3 heterocycles. The van der Waals surface area contributed by atoms with Crippen LogP contribution >= 0.6 is 11.3 Å². The van der Waals surface area contributed by atoms with Gasteiger partial charge in [0.1, 0.15) is 0 Å². The summed E-state index contributed by atoms with van der Waals surface area (Å²) in [7, 11) is 0. The van der Waals surface area contributed by atoms with Crippen molar-refractivity contribution in [3.8, 4) is 0 Å².